The smallest absolute Gasteiger partial charge is 0.134 e. The second-order valence-corrected chi connectivity index (χ2v) is 5.32. The summed E-state index contributed by atoms with van der Waals surface area (Å²) < 4.78 is 20.0. The molecule has 1 N–H and O–H groups in total. The van der Waals surface area contributed by atoms with Crippen LogP contribution in [0.15, 0.2) is 42.5 Å². The van der Waals surface area contributed by atoms with Crippen molar-refractivity contribution in [2.45, 2.75) is 39.8 Å². The van der Waals surface area contributed by atoms with Crippen molar-refractivity contribution in [2.75, 3.05) is 0 Å². The molecule has 0 saturated carbocycles. The number of aryl methyl sites for hydroxylation is 1. The van der Waals surface area contributed by atoms with Crippen LogP contribution < -0.4 is 10.1 Å². The van der Waals surface area contributed by atoms with Gasteiger partial charge in [-0.05, 0) is 30.2 Å². The third kappa shape index (κ3) is 4.05. The Balaban J connectivity index is 2.29. The van der Waals surface area contributed by atoms with E-state index in [2.05, 4.69) is 12.2 Å². The van der Waals surface area contributed by atoms with Crippen LogP contribution in [0.25, 0.3) is 0 Å². The van der Waals surface area contributed by atoms with Gasteiger partial charge < -0.3 is 10.1 Å². The van der Waals surface area contributed by atoms with Crippen molar-refractivity contribution in [1.29, 1.82) is 0 Å². The lowest BCUT2D eigenvalue weighted by Gasteiger charge is -2.15. The predicted molar refractivity (Wildman–Crippen MR) is 84.3 cm³/mol. The Labute approximate surface area is 126 Å². The summed E-state index contributed by atoms with van der Waals surface area (Å²) in [5.41, 5.74) is 1.68. The van der Waals surface area contributed by atoms with Gasteiger partial charge >= 0.3 is 0 Å². The first-order chi connectivity index (χ1) is 10.1. The SMILES string of the molecule is CCc1ccccc1Oc1cccc(F)c1CNC(C)C. The fraction of sp³-hybridized carbons (Fsp3) is 0.333. The van der Waals surface area contributed by atoms with E-state index in [9.17, 15) is 4.39 Å². The van der Waals surface area contributed by atoms with E-state index >= 15 is 0 Å². The molecular weight excluding hydrogens is 265 g/mol. The average Bonchev–Trinajstić information content (AvgIpc) is 2.47. The number of hydrogen-bond acceptors (Lipinski definition) is 2. The Morgan fingerprint density at radius 3 is 2.48 bits per heavy atom. The maximum Gasteiger partial charge on any atom is 0.134 e. The van der Waals surface area contributed by atoms with E-state index in [1.54, 1.807) is 6.07 Å². The number of ether oxygens (including phenoxy) is 1. The van der Waals surface area contributed by atoms with Crippen LogP contribution in [0.3, 0.4) is 0 Å². The molecule has 0 radical (unpaired) electrons. The van der Waals surface area contributed by atoms with Gasteiger partial charge in [0.2, 0.25) is 0 Å². The summed E-state index contributed by atoms with van der Waals surface area (Å²) in [6.45, 7) is 6.60. The second-order valence-electron chi connectivity index (χ2n) is 5.32. The molecule has 2 nitrogen and oxygen atoms in total. The second kappa shape index (κ2) is 7.23. The monoisotopic (exact) mass is 287 g/mol. The largest absolute Gasteiger partial charge is 0.457 e. The fourth-order valence-corrected chi connectivity index (χ4v) is 2.13. The van der Waals surface area contributed by atoms with Crippen LogP contribution in [0.5, 0.6) is 11.5 Å². The minimum Gasteiger partial charge on any atom is -0.457 e. The summed E-state index contributed by atoms with van der Waals surface area (Å²) in [5, 5.41) is 3.24. The van der Waals surface area contributed by atoms with Gasteiger partial charge in [0.05, 0.1) is 0 Å². The summed E-state index contributed by atoms with van der Waals surface area (Å²) in [7, 11) is 0. The molecule has 0 aromatic heterocycles. The highest BCUT2D eigenvalue weighted by Gasteiger charge is 2.12. The molecule has 2 aromatic carbocycles. The van der Waals surface area contributed by atoms with Gasteiger partial charge in [0.15, 0.2) is 0 Å². The zero-order chi connectivity index (χ0) is 15.2. The molecule has 0 atom stereocenters. The van der Waals surface area contributed by atoms with Crippen LogP contribution in [-0.4, -0.2) is 6.04 Å². The lowest BCUT2D eigenvalue weighted by molar-refractivity contribution is 0.453. The molecule has 0 aliphatic rings. The molecule has 3 heteroatoms. The van der Waals surface area contributed by atoms with Crippen molar-refractivity contribution in [3.05, 3.63) is 59.4 Å². The summed E-state index contributed by atoms with van der Waals surface area (Å²) in [6, 6.07) is 13.1. The first-order valence-corrected chi connectivity index (χ1v) is 7.38. The van der Waals surface area contributed by atoms with Gasteiger partial charge in [-0.1, -0.05) is 45.0 Å². The number of benzene rings is 2. The predicted octanol–water partition coefficient (Wildman–Crippen LogP) is 4.68. The third-order valence-corrected chi connectivity index (χ3v) is 3.34. The van der Waals surface area contributed by atoms with Crippen LogP contribution in [0, 0.1) is 5.82 Å². The number of nitrogens with one attached hydrogen (secondary N) is 1. The van der Waals surface area contributed by atoms with Gasteiger partial charge in [-0.3, -0.25) is 0 Å². The Morgan fingerprint density at radius 2 is 1.76 bits per heavy atom. The topological polar surface area (TPSA) is 21.3 Å². The molecule has 0 aliphatic heterocycles. The first-order valence-electron chi connectivity index (χ1n) is 7.38. The fourth-order valence-electron chi connectivity index (χ4n) is 2.13. The molecule has 0 saturated heterocycles. The normalized spacial score (nSPS) is 10.9. The van der Waals surface area contributed by atoms with E-state index < -0.39 is 0 Å². The van der Waals surface area contributed by atoms with E-state index in [1.165, 1.54) is 6.07 Å². The molecule has 2 rings (SSSR count). The van der Waals surface area contributed by atoms with Crippen LogP contribution >= 0.6 is 0 Å². The maximum atomic E-state index is 14.1. The zero-order valence-corrected chi connectivity index (χ0v) is 12.8. The third-order valence-electron chi connectivity index (χ3n) is 3.34. The van der Waals surface area contributed by atoms with Crippen molar-refractivity contribution in [1.82, 2.24) is 5.32 Å². The average molecular weight is 287 g/mol. The number of rotatable bonds is 6. The van der Waals surface area contributed by atoms with Crippen LogP contribution in [0.1, 0.15) is 31.9 Å². The highest BCUT2D eigenvalue weighted by molar-refractivity contribution is 5.42. The van der Waals surface area contributed by atoms with Crippen LogP contribution in [0.4, 0.5) is 4.39 Å². The van der Waals surface area contributed by atoms with E-state index in [4.69, 9.17) is 4.74 Å². The summed E-state index contributed by atoms with van der Waals surface area (Å²) >= 11 is 0. The molecule has 0 fully saturated rings. The van der Waals surface area contributed by atoms with Gasteiger partial charge in [0.1, 0.15) is 17.3 Å². The zero-order valence-electron chi connectivity index (χ0n) is 12.8. The minimum absolute atomic E-state index is 0.241. The Hall–Kier alpha value is -1.87. The maximum absolute atomic E-state index is 14.1. The molecule has 0 aliphatic carbocycles. The number of halogens is 1. The summed E-state index contributed by atoms with van der Waals surface area (Å²) in [4.78, 5) is 0. The van der Waals surface area contributed by atoms with Crippen molar-refractivity contribution in [3.63, 3.8) is 0 Å². The first kappa shape index (κ1) is 15.5. The van der Waals surface area contributed by atoms with Gasteiger partial charge in [-0.2, -0.15) is 0 Å². The molecule has 0 amide bonds. The summed E-state index contributed by atoms with van der Waals surface area (Å²) in [6.07, 6.45) is 0.880. The van der Waals surface area contributed by atoms with Gasteiger partial charge in [-0.15, -0.1) is 0 Å². The molecule has 21 heavy (non-hydrogen) atoms. The lowest BCUT2D eigenvalue weighted by atomic mass is 10.1. The minimum atomic E-state index is -0.241. The highest BCUT2D eigenvalue weighted by Crippen LogP contribution is 2.29. The Kier molecular flexibility index (Phi) is 5.34. The number of hydrogen-bond donors (Lipinski definition) is 1. The Bertz CT molecular complexity index is 596. The van der Waals surface area contributed by atoms with Crippen LogP contribution in [-0.2, 0) is 13.0 Å². The van der Waals surface area contributed by atoms with E-state index in [-0.39, 0.29) is 5.82 Å². The lowest BCUT2D eigenvalue weighted by Crippen LogP contribution is -2.22. The molecule has 112 valence electrons. The van der Waals surface area contributed by atoms with Crippen molar-refractivity contribution in [2.24, 2.45) is 0 Å². The van der Waals surface area contributed by atoms with Crippen molar-refractivity contribution < 1.29 is 9.13 Å². The van der Waals surface area contributed by atoms with Gasteiger partial charge in [-0.25, -0.2) is 4.39 Å². The summed E-state index contributed by atoms with van der Waals surface area (Å²) in [5.74, 6) is 1.12. The molecule has 0 bridgehead atoms. The highest BCUT2D eigenvalue weighted by atomic mass is 19.1. The standard InChI is InChI=1S/C18H22FNO/c1-4-14-8-5-6-10-17(14)21-18-11-7-9-16(19)15(18)12-20-13(2)3/h5-11,13,20H,4,12H2,1-3H3. The van der Waals surface area contributed by atoms with E-state index in [0.717, 1.165) is 17.7 Å². The van der Waals surface area contributed by atoms with E-state index in [0.29, 0.717) is 23.9 Å². The Morgan fingerprint density at radius 1 is 1.05 bits per heavy atom. The van der Waals surface area contributed by atoms with Crippen LogP contribution in [0.2, 0.25) is 0 Å². The van der Waals surface area contributed by atoms with E-state index in [1.807, 2.05) is 44.2 Å². The molecule has 0 unspecified atom stereocenters. The van der Waals surface area contributed by atoms with Gasteiger partial charge in [0, 0.05) is 18.2 Å². The van der Waals surface area contributed by atoms with Crippen molar-refractivity contribution in [3.8, 4) is 11.5 Å². The quantitative estimate of drug-likeness (QED) is 0.833. The van der Waals surface area contributed by atoms with Crippen molar-refractivity contribution >= 4 is 0 Å². The number of para-hydroxylation sites is 1. The molecule has 0 spiro atoms. The molecule has 2 aromatic rings. The molecule has 0 heterocycles. The van der Waals surface area contributed by atoms with Gasteiger partial charge in [0.25, 0.3) is 0 Å². The molecular formula is C18H22FNO.